The van der Waals surface area contributed by atoms with E-state index in [1.54, 1.807) is 20.3 Å². The Balaban J connectivity index is 1.59. The lowest BCUT2D eigenvalue weighted by molar-refractivity contribution is 0.151. The Morgan fingerprint density at radius 2 is 1.75 bits per heavy atom. The molecule has 0 radical (unpaired) electrons. The second kappa shape index (κ2) is 9.35. The Labute approximate surface area is 184 Å². The van der Waals surface area contributed by atoms with Crippen LogP contribution in [-0.4, -0.2) is 44.3 Å². The van der Waals surface area contributed by atoms with E-state index in [0.29, 0.717) is 52.0 Å². The highest BCUT2D eigenvalue weighted by molar-refractivity contribution is 5.77. The molecule has 0 amide bonds. The van der Waals surface area contributed by atoms with Gasteiger partial charge < -0.3 is 24.6 Å². The van der Waals surface area contributed by atoms with Crippen LogP contribution in [0.15, 0.2) is 41.2 Å². The summed E-state index contributed by atoms with van der Waals surface area (Å²) in [4.78, 5) is 21.6. The molecule has 4 aromatic rings. The largest absolute Gasteiger partial charge is 0.494 e. The highest BCUT2D eigenvalue weighted by atomic mass is 16.5. The Morgan fingerprint density at radius 3 is 2.50 bits per heavy atom. The first-order valence-corrected chi connectivity index (χ1v) is 9.73. The highest BCUT2D eigenvalue weighted by Crippen LogP contribution is 2.36. The molecule has 0 saturated heterocycles. The average molecular weight is 434 g/mol. The van der Waals surface area contributed by atoms with Crippen LogP contribution >= 0.6 is 0 Å². The van der Waals surface area contributed by atoms with Gasteiger partial charge in [-0.05, 0) is 26.0 Å². The molecule has 0 aliphatic heterocycles. The average Bonchev–Trinajstić information content (AvgIpc) is 3.22. The molecule has 11 nitrogen and oxygen atoms in total. The molecule has 32 heavy (non-hydrogen) atoms. The molecule has 4 rings (SSSR count). The number of anilines is 4. The molecule has 0 aliphatic carbocycles. The predicted octanol–water partition coefficient (Wildman–Crippen LogP) is 3.58. The number of aryl methyl sites for hydroxylation is 2. The summed E-state index contributed by atoms with van der Waals surface area (Å²) in [5, 5.41) is 10.4. The Bertz CT molecular complexity index is 1210. The van der Waals surface area contributed by atoms with E-state index >= 15 is 0 Å². The molecule has 1 aromatic carbocycles. The van der Waals surface area contributed by atoms with Crippen molar-refractivity contribution in [2.24, 2.45) is 0 Å². The molecular weight excluding hydrogens is 412 g/mol. The van der Waals surface area contributed by atoms with Crippen molar-refractivity contribution in [3.63, 3.8) is 0 Å². The summed E-state index contributed by atoms with van der Waals surface area (Å²) < 4.78 is 15.9. The number of methoxy groups -OCH3 is 2. The Hall–Kier alpha value is -4.12. The zero-order valence-corrected chi connectivity index (χ0v) is 18.1. The first-order valence-electron chi connectivity index (χ1n) is 9.73. The van der Waals surface area contributed by atoms with Crippen LogP contribution in [-0.2, 0) is 11.3 Å². The van der Waals surface area contributed by atoms with E-state index in [1.807, 2.05) is 38.1 Å². The summed E-state index contributed by atoms with van der Waals surface area (Å²) in [6, 6.07) is 9.18. The molecule has 0 saturated carbocycles. The normalized spacial score (nSPS) is 10.8. The number of nitrogens with zero attached hydrogens (tertiary/aromatic N) is 6. The standard InChI is InChI=1S/C21H22N8O3/c1-12-8-18(25-13(2)24-12)27-17-9-16(22-11-23-17)26-15-7-5-6-14(20(15)31-4)21-28-19(10-30-3)32-29-21/h5-9,11H,10H2,1-4H3,(H2,22,23,24,25,26,27). The van der Waals surface area contributed by atoms with Crippen molar-refractivity contribution >= 4 is 23.1 Å². The van der Waals surface area contributed by atoms with Gasteiger partial charge in [-0.15, -0.1) is 0 Å². The number of para-hydroxylation sites is 1. The van der Waals surface area contributed by atoms with Crippen LogP contribution in [0.3, 0.4) is 0 Å². The van der Waals surface area contributed by atoms with Gasteiger partial charge in [-0.1, -0.05) is 11.2 Å². The SMILES string of the molecule is COCc1nc(-c2cccc(Nc3cc(Nc4cc(C)nc(C)n4)ncn3)c2OC)no1. The number of hydrogen-bond acceptors (Lipinski definition) is 11. The van der Waals surface area contributed by atoms with Gasteiger partial charge in [0.15, 0.2) is 5.75 Å². The molecule has 0 atom stereocenters. The van der Waals surface area contributed by atoms with Crippen LogP contribution in [0.1, 0.15) is 17.4 Å². The van der Waals surface area contributed by atoms with Gasteiger partial charge in [-0.3, -0.25) is 0 Å². The first-order chi connectivity index (χ1) is 15.6. The van der Waals surface area contributed by atoms with Crippen LogP contribution in [0.2, 0.25) is 0 Å². The van der Waals surface area contributed by atoms with E-state index in [4.69, 9.17) is 14.0 Å². The zero-order valence-electron chi connectivity index (χ0n) is 18.1. The summed E-state index contributed by atoms with van der Waals surface area (Å²) in [7, 11) is 3.14. The Morgan fingerprint density at radius 1 is 0.938 bits per heavy atom. The quantitative estimate of drug-likeness (QED) is 0.421. The summed E-state index contributed by atoms with van der Waals surface area (Å²) in [6.45, 7) is 3.98. The van der Waals surface area contributed by atoms with Crippen LogP contribution < -0.4 is 15.4 Å². The second-order valence-electron chi connectivity index (χ2n) is 6.81. The fraction of sp³-hybridized carbons (Fsp3) is 0.238. The number of rotatable bonds is 8. The number of benzene rings is 1. The summed E-state index contributed by atoms with van der Waals surface area (Å²) >= 11 is 0. The van der Waals surface area contributed by atoms with Gasteiger partial charge in [0.1, 0.15) is 36.2 Å². The van der Waals surface area contributed by atoms with Crippen molar-refractivity contribution in [3.05, 3.63) is 54.1 Å². The molecule has 3 heterocycles. The van der Waals surface area contributed by atoms with E-state index in [-0.39, 0.29) is 6.61 Å². The van der Waals surface area contributed by atoms with Gasteiger partial charge >= 0.3 is 0 Å². The van der Waals surface area contributed by atoms with Crippen molar-refractivity contribution in [1.82, 2.24) is 30.1 Å². The molecule has 0 bridgehead atoms. The van der Waals surface area contributed by atoms with Gasteiger partial charge in [-0.2, -0.15) is 4.98 Å². The minimum atomic E-state index is 0.231. The van der Waals surface area contributed by atoms with Crippen molar-refractivity contribution in [2.75, 3.05) is 24.9 Å². The summed E-state index contributed by atoms with van der Waals surface area (Å²) in [6.07, 6.45) is 1.46. The maximum atomic E-state index is 5.63. The fourth-order valence-corrected chi connectivity index (χ4v) is 3.12. The number of ether oxygens (including phenoxy) is 2. The van der Waals surface area contributed by atoms with Crippen LogP contribution in [0.4, 0.5) is 23.1 Å². The van der Waals surface area contributed by atoms with E-state index in [0.717, 1.165) is 5.69 Å². The lowest BCUT2D eigenvalue weighted by Crippen LogP contribution is -2.03. The van der Waals surface area contributed by atoms with Crippen LogP contribution in [0.5, 0.6) is 5.75 Å². The van der Waals surface area contributed by atoms with Crippen LogP contribution in [0.25, 0.3) is 11.4 Å². The van der Waals surface area contributed by atoms with Gasteiger partial charge in [0.25, 0.3) is 5.89 Å². The molecule has 11 heteroatoms. The van der Waals surface area contributed by atoms with Crippen molar-refractivity contribution < 1.29 is 14.0 Å². The fourth-order valence-electron chi connectivity index (χ4n) is 3.12. The number of aromatic nitrogens is 6. The summed E-state index contributed by atoms with van der Waals surface area (Å²) in [5.74, 6) is 3.81. The van der Waals surface area contributed by atoms with E-state index in [9.17, 15) is 0 Å². The van der Waals surface area contributed by atoms with Gasteiger partial charge in [-0.25, -0.2) is 19.9 Å². The molecule has 2 N–H and O–H groups in total. The van der Waals surface area contributed by atoms with Crippen molar-refractivity contribution in [1.29, 1.82) is 0 Å². The molecular formula is C21H22N8O3. The molecule has 0 fully saturated rings. The predicted molar refractivity (Wildman–Crippen MR) is 117 cm³/mol. The minimum Gasteiger partial charge on any atom is -0.494 e. The van der Waals surface area contributed by atoms with Gasteiger partial charge in [0, 0.05) is 24.9 Å². The topological polar surface area (TPSA) is 133 Å². The molecule has 3 aromatic heterocycles. The smallest absolute Gasteiger partial charge is 0.252 e. The Kier molecular flexibility index (Phi) is 6.17. The third-order valence-corrected chi connectivity index (χ3v) is 4.35. The minimum absolute atomic E-state index is 0.231. The molecule has 164 valence electrons. The third-order valence-electron chi connectivity index (χ3n) is 4.35. The van der Waals surface area contributed by atoms with E-state index < -0.39 is 0 Å². The lowest BCUT2D eigenvalue weighted by Gasteiger charge is -2.13. The zero-order chi connectivity index (χ0) is 22.5. The van der Waals surface area contributed by atoms with E-state index in [1.165, 1.54) is 6.33 Å². The first kappa shape index (κ1) is 21.1. The lowest BCUT2D eigenvalue weighted by atomic mass is 10.1. The van der Waals surface area contributed by atoms with Crippen LogP contribution in [0, 0.1) is 13.8 Å². The monoisotopic (exact) mass is 434 g/mol. The molecule has 0 unspecified atom stereocenters. The van der Waals surface area contributed by atoms with Gasteiger partial charge in [0.05, 0.1) is 18.4 Å². The van der Waals surface area contributed by atoms with Crippen molar-refractivity contribution in [3.8, 4) is 17.1 Å². The second-order valence-corrected chi connectivity index (χ2v) is 6.81. The maximum Gasteiger partial charge on any atom is 0.252 e. The highest BCUT2D eigenvalue weighted by Gasteiger charge is 2.17. The molecule has 0 spiro atoms. The third kappa shape index (κ3) is 4.78. The van der Waals surface area contributed by atoms with Gasteiger partial charge in [0.2, 0.25) is 5.82 Å². The van der Waals surface area contributed by atoms with Crippen molar-refractivity contribution in [2.45, 2.75) is 20.5 Å². The number of hydrogen-bond donors (Lipinski definition) is 2. The summed E-state index contributed by atoms with van der Waals surface area (Å²) in [5.41, 5.74) is 2.22. The van der Waals surface area contributed by atoms with E-state index in [2.05, 4.69) is 40.7 Å². The number of nitrogens with one attached hydrogen (secondary N) is 2. The molecule has 0 aliphatic rings. The maximum absolute atomic E-state index is 5.63.